The average Bonchev–Trinajstić information content (AvgIpc) is 2.68. The predicted octanol–water partition coefficient (Wildman–Crippen LogP) is 2.08. The van der Waals surface area contributed by atoms with Crippen LogP contribution in [0.15, 0.2) is 24.3 Å². The van der Waals surface area contributed by atoms with Gasteiger partial charge in [0.05, 0.1) is 17.8 Å². The molecule has 2 atom stereocenters. The molecule has 4 nitrogen and oxygen atoms in total. The fourth-order valence-corrected chi connectivity index (χ4v) is 2.46. The van der Waals surface area contributed by atoms with Crippen molar-refractivity contribution >= 4 is 11.6 Å². The third-order valence-corrected chi connectivity index (χ3v) is 3.75. The van der Waals surface area contributed by atoms with Crippen molar-refractivity contribution in [3.05, 3.63) is 29.8 Å². The average molecular weight is 257 g/mol. The molecule has 0 bridgehead atoms. The highest BCUT2D eigenvalue weighted by atomic mass is 16.2. The van der Waals surface area contributed by atoms with Crippen LogP contribution in [0.25, 0.3) is 0 Å². The summed E-state index contributed by atoms with van der Waals surface area (Å²) in [6, 6.07) is 9.15. The minimum absolute atomic E-state index is 0.0519. The van der Waals surface area contributed by atoms with Crippen LogP contribution in [0.3, 0.4) is 0 Å². The molecule has 100 valence electrons. The zero-order chi connectivity index (χ0) is 13.8. The molecule has 0 radical (unpaired) electrons. The first kappa shape index (κ1) is 13.6. The molecule has 1 aliphatic rings. The molecule has 0 aromatic heterocycles. The number of rotatable bonds is 3. The van der Waals surface area contributed by atoms with Crippen molar-refractivity contribution in [3.8, 4) is 6.07 Å². The third-order valence-electron chi connectivity index (χ3n) is 3.75. The van der Waals surface area contributed by atoms with Gasteiger partial charge < -0.3 is 5.32 Å². The summed E-state index contributed by atoms with van der Waals surface area (Å²) in [5, 5.41) is 11.8. The Labute approximate surface area is 114 Å². The Bertz CT molecular complexity index is 496. The molecular weight excluding hydrogens is 238 g/mol. The normalized spacial score (nSPS) is 23.0. The van der Waals surface area contributed by atoms with E-state index in [1.807, 2.05) is 6.07 Å². The fourth-order valence-electron chi connectivity index (χ4n) is 2.46. The number of likely N-dealkylation sites (tertiary alicyclic amines) is 1. The van der Waals surface area contributed by atoms with Crippen molar-refractivity contribution in [2.24, 2.45) is 11.8 Å². The minimum Gasteiger partial charge on any atom is -0.324 e. The van der Waals surface area contributed by atoms with E-state index in [1.165, 1.54) is 0 Å². The van der Waals surface area contributed by atoms with E-state index in [0.29, 0.717) is 29.6 Å². The van der Waals surface area contributed by atoms with E-state index in [4.69, 9.17) is 5.26 Å². The highest BCUT2D eigenvalue weighted by Gasteiger charge is 2.27. The largest absolute Gasteiger partial charge is 0.324 e. The molecule has 0 saturated carbocycles. The number of hydrogen-bond acceptors (Lipinski definition) is 3. The van der Waals surface area contributed by atoms with Crippen LogP contribution in [0, 0.1) is 23.2 Å². The molecule has 4 heteroatoms. The van der Waals surface area contributed by atoms with Gasteiger partial charge in [-0.3, -0.25) is 9.69 Å². The van der Waals surface area contributed by atoms with Crippen LogP contribution in [-0.2, 0) is 4.79 Å². The van der Waals surface area contributed by atoms with Gasteiger partial charge in [0.2, 0.25) is 5.91 Å². The maximum Gasteiger partial charge on any atom is 0.238 e. The van der Waals surface area contributed by atoms with Crippen molar-refractivity contribution in [3.63, 3.8) is 0 Å². The van der Waals surface area contributed by atoms with Gasteiger partial charge in [-0.15, -0.1) is 0 Å². The molecule has 1 aromatic rings. The van der Waals surface area contributed by atoms with Gasteiger partial charge in [0, 0.05) is 13.1 Å². The van der Waals surface area contributed by atoms with Crippen molar-refractivity contribution in [2.45, 2.75) is 13.8 Å². The summed E-state index contributed by atoms with van der Waals surface area (Å²) >= 11 is 0. The van der Waals surface area contributed by atoms with E-state index in [2.05, 4.69) is 30.1 Å². The lowest BCUT2D eigenvalue weighted by Gasteiger charge is -2.15. The number of benzene rings is 1. The molecule has 2 rings (SSSR count). The summed E-state index contributed by atoms with van der Waals surface area (Å²) in [7, 11) is 0. The highest BCUT2D eigenvalue weighted by Crippen LogP contribution is 2.21. The summed E-state index contributed by atoms with van der Waals surface area (Å²) in [4.78, 5) is 14.2. The van der Waals surface area contributed by atoms with Crippen LogP contribution in [0.4, 0.5) is 5.69 Å². The first-order chi connectivity index (χ1) is 9.10. The summed E-state index contributed by atoms with van der Waals surface area (Å²) in [5.41, 5.74) is 1.09. The Morgan fingerprint density at radius 3 is 2.63 bits per heavy atom. The van der Waals surface area contributed by atoms with Crippen LogP contribution < -0.4 is 5.32 Å². The quantitative estimate of drug-likeness (QED) is 0.902. The Balaban J connectivity index is 1.93. The minimum atomic E-state index is -0.0519. The molecule has 1 heterocycles. The molecule has 1 fully saturated rings. The van der Waals surface area contributed by atoms with Crippen molar-refractivity contribution in [1.82, 2.24) is 4.90 Å². The summed E-state index contributed by atoms with van der Waals surface area (Å²) < 4.78 is 0. The van der Waals surface area contributed by atoms with Crippen LogP contribution in [-0.4, -0.2) is 30.4 Å². The number of anilines is 1. The van der Waals surface area contributed by atoms with Gasteiger partial charge in [-0.05, 0) is 24.0 Å². The van der Waals surface area contributed by atoms with E-state index >= 15 is 0 Å². The Kier molecular flexibility index (Phi) is 4.18. The highest BCUT2D eigenvalue weighted by molar-refractivity contribution is 5.93. The second-order valence-corrected chi connectivity index (χ2v) is 5.35. The zero-order valence-corrected chi connectivity index (χ0v) is 11.4. The molecule has 1 aliphatic heterocycles. The lowest BCUT2D eigenvalue weighted by atomic mass is 10.0. The number of carbonyl (C=O) groups excluding carboxylic acids is 1. The van der Waals surface area contributed by atoms with Crippen LogP contribution in [0.1, 0.15) is 19.4 Å². The number of nitrogens with one attached hydrogen (secondary N) is 1. The van der Waals surface area contributed by atoms with Crippen molar-refractivity contribution < 1.29 is 4.79 Å². The number of nitriles is 1. The van der Waals surface area contributed by atoms with E-state index < -0.39 is 0 Å². The van der Waals surface area contributed by atoms with Crippen molar-refractivity contribution in [1.29, 1.82) is 5.26 Å². The SMILES string of the molecule is CC1CN(CC(=O)Nc2ccccc2C#N)CC1C. The maximum absolute atomic E-state index is 12.0. The van der Waals surface area contributed by atoms with Gasteiger partial charge in [0.25, 0.3) is 0 Å². The smallest absolute Gasteiger partial charge is 0.238 e. The van der Waals surface area contributed by atoms with Gasteiger partial charge in [-0.25, -0.2) is 0 Å². The fraction of sp³-hybridized carbons (Fsp3) is 0.467. The Hall–Kier alpha value is -1.86. The summed E-state index contributed by atoms with van der Waals surface area (Å²) in [6.07, 6.45) is 0. The molecule has 2 unspecified atom stereocenters. The number of para-hydroxylation sites is 1. The second kappa shape index (κ2) is 5.85. The number of hydrogen-bond donors (Lipinski definition) is 1. The molecular formula is C15H19N3O. The van der Waals surface area contributed by atoms with Gasteiger partial charge in [-0.1, -0.05) is 26.0 Å². The topological polar surface area (TPSA) is 56.1 Å². The van der Waals surface area contributed by atoms with Crippen LogP contribution in [0.2, 0.25) is 0 Å². The lowest BCUT2D eigenvalue weighted by Crippen LogP contribution is -2.31. The predicted molar refractivity (Wildman–Crippen MR) is 74.6 cm³/mol. The first-order valence-corrected chi connectivity index (χ1v) is 6.61. The second-order valence-electron chi connectivity index (χ2n) is 5.35. The van der Waals surface area contributed by atoms with Crippen LogP contribution >= 0.6 is 0 Å². The molecule has 19 heavy (non-hydrogen) atoms. The van der Waals surface area contributed by atoms with Gasteiger partial charge >= 0.3 is 0 Å². The lowest BCUT2D eigenvalue weighted by molar-refractivity contribution is -0.117. The summed E-state index contributed by atoms with van der Waals surface area (Å²) in [6.45, 7) is 6.76. The molecule has 0 aliphatic carbocycles. The van der Waals surface area contributed by atoms with Crippen molar-refractivity contribution in [2.75, 3.05) is 25.0 Å². The Morgan fingerprint density at radius 2 is 2.00 bits per heavy atom. The van der Waals surface area contributed by atoms with Gasteiger partial charge in [0.1, 0.15) is 6.07 Å². The zero-order valence-electron chi connectivity index (χ0n) is 11.4. The van der Waals surface area contributed by atoms with E-state index in [9.17, 15) is 4.79 Å². The van der Waals surface area contributed by atoms with E-state index in [1.54, 1.807) is 18.2 Å². The first-order valence-electron chi connectivity index (χ1n) is 6.61. The van der Waals surface area contributed by atoms with E-state index in [-0.39, 0.29) is 5.91 Å². The van der Waals surface area contributed by atoms with E-state index in [0.717, 1.165) is 13.1 Å². The molecule has 1 aromatic carbocycles. The number of amides is 1. The molecule has 1 saturated heterocycles. The maximum atomic E-state index is 12.0. The van der Waals surface area contributed by atoms with Gasteiger partial charge in [-0.2, -0.15) is 5.26 Å². The number of nitrogens with zero attached hydrogens (tertiary/aromatic N) is 2. The molecule has 0 spiro atoms. The summed E-state index contributed by atoms with van der Waals surface area (Å²) in [5.74, 6) is 1.22. The monoisotopic (exact) mass is 257 g/mol. The van der Waals surface area contributed by atoms with Gasteiger partial charge in [0.15, 0.2) is 0 Å². The standard InChI is InChI=1S/C15H19N3O/c1-11-8-18(9-12(11)2)10-15(19)17-14-6-4-3-5-13(14)7-16/h3-6,11-12H,8-10H2,1-2H3,(H,17,19). The Morgan fingerprint density at radius 1 is 1.37 bits per heavy atom. The molecule has 1 N–H and O–H groups in total. The third kappa shape index (κ3) is 3.33. The number of carbonyl (C=O) groups is 1. The van der Waals surface area contributed by atoms with Crippen LogP contribution in [0.5, 0.6) is 0 Å². The molecule has 1 amide bonds.